The molecule has 0 spiro atoms. The number of hydrogen-bond acceptors (Lipinski definition) is 8. The number of nitriles is 1. The SMILES string of the molecule is N#C/C(=C/c1ccc(Sc2cccc3ccccc23)o1)C(=O)Nc1nnc(SCc2ccccc2)s1. The molecule has 0 atom stereocenters. The van der Waals surface area contributed by atoms with Gasteiger partial charge in [-0.25, -0.2) is 0 Å². The van der Waals surface area contributed by atoms with Crippen LogP contribution in [-0.4, -0.2) is 16.1 Å². The van der Waals surface area contributed by atoms with Gasteiger partial charge in [0.25, 0.3) is 5.91 Å². The number of benzene rings is 3. The molecule has 0 fully saturated rings. The third-order valence-electron chi connectivity index (χ3n) is 5.05. The lowest BCUT2D eigenvalue weighted by atomic mass is 10.1. The minimum Gasteiger partial charge on any atom is -0.450 e. The number of amides is 1. The summed E-state index contributed by atoms with van der Waals surface area (Å²) < 4.78 is 6.61. The number of hydrogen-bond donors (Lipinski definition) is 1. The largest absolute Gasteiger partial charge is 0.450 e. The molecule has 0 radical (unpaired) electrons. The van der Waals surface area contributed by atoms with Crippen LogP contribution in [0.2, 0.25) is 0 Å². The molecule has 0 bridgehead atoms. The molecule has 1 amide bonds. The fourth-order valence-electron chi connectivity index (χ4n) is 3.35. The van der Waals surface area contributed by atoms with E-state index in [1.807, 2.05) is 66.7 Å². The number of nitrogens with zero attached hydrogens (tertiary/aromatic N) is 3. The maximum atomic E-state index is 12.7. The highest BCUT2D eigenvalue weighted by atomic mass is 32.2. The first-order valence-electron chi connectivity index (χ1n) is 10.9. The summed E-state index contributed by atoms with van der Waals surface area (Å²) in [4.78, 5) is 13.7. The van der Waals surface area contributed by atoms with Crippen LogP contribution in [0.15, 0.2) is 109 Å². The zero-order chi connectivity index (χ0) is 24.7. The van der Waals surface area contributed by atoms with E-state index in [1.54, 1.807) is 6.07 Å². The first kappa shape index (κ1) is 23.9. The van der Waals surface area contributed by atoms with Crippen molar-refractivity contribution in [2.75, 3.05) is 5.32 Å². The zero-order valence-corrected chi connectivity index (χ0v) is 21.2. The number of furan rings is 1. The lowest BCUT2D eigenvalue weighted by molar-refractivity contribution is -0.112. The molecule has 36 heavy (non-hydrogen) atoms. The Kier molecular flexibility index (Phi) is 7.47. The lowest BCUT2D eigenvalue weighted by Crippen LogP contribution is -2.13. The van der Waals surface area contributed by atoms with E-state index in [9.17, 15) is 10.1 Å². The molecular formula is C27H18N4O2S3. The maximum absolute atomic E-state index is 12.7. The van der Waals surface area contributed by atoms with Crippen LogP contribution < -0.4 is 5.32 Å². The Morgan fingerprint density at radius 3 is 2.67 bits per heavy atom. The Hall–Kier alpha value is -3.84. The van der Waals surface area contributed by atoms with E-state index in [0.29, 0.717) is 16.0 Å². The van der Waals surface area contributed by atoms with E-state index in [-0.39, 0.29) is 5.57 Å². The van der Waals surface area contributed by atoms with Crippen LogP contribution in [0.5, 0.6) is 0 Å². The molecule has 1 N–H and O–H groups in total. The zero-order valence-electron chi connectivity index (χ0n) is 18.8. The quantitative estimate of drug-likeness (QED) is 0.0983. The minimum absolute atomic E-state index is 0.0836. The molecule has 0 aliphatic heterocycles. The molecule has 6 nitrogen and oxygen atoms in total. The van der Waals surface area contributed by atoms with E-state index in [2.05, 4.69) is 33.7 Å². The van der Waals surface area contributed by atoms with E-state index in [0.717, 1.165) is 25.8 Å². The van der Waals surface area contributed by atoms with Crippen LogP contribution in [0, 0.1) is 11.3 Å². The van der Waals surface area contributed by atoms with Gasteiger partial charge in [0.1, 0.15) is 17.4 Å². The Morgan fingerprint density at radius 2 is 1.81 bits per heavy atom. The van der Waals surface area contributed by atoms with Gasteiger partial charge in [-0.1, -0.05) is 102 Å². The van der Waals surface area contributed by atoms with Crippen molar-refractivity contribution in [2.24, 2.45) is 0 Å². The van der Waals surface area contributed by atoms with Gasteiger partial charge in [-0.3, -0.25) is 10.1 Å². The Bertz CT molecular complexity index is 1580. The van der Waals surface area contributed by atoms with Crippen molar-refractivity contribution in [2.45, 2.75) is 20.1 Å². The summed E-state index contributed by atoms with van der Waals surface area (Å²) in [5.74, 6) is 0.610. The molecule has 0 aliphatic rings. The van der Waals surface area contributed by atoms with Gasteiger partial charge in [-0.15, -0.1) is 10.2 Å². The van der Waals surface area contributed by atoms with Gasteiger partial charge in [0.15, 0.2) is 9.43 Å². The molecule has 0 saturated heterocycles. The third-order valence-corrected chi connectivity index (χ3v) is 8.09. The molecule has 0 saturated carbocycles. The first-order chi connectivity index (χ1) is 17.7. The van der Waals surface area contributed by atoms with Crippen molar-refractivity contribution in [3.8, 4) is 6.07 Å². The van der Waals surface area contributed by atoms with Crippen LogP contribution in [0.25, 0.3) is 16.8 Å². The topological polar surface area (TPSA) is 91.8 Å². The molecule has 5 rings (SSSR count). The fourth-order valence-corrected chi connectivity index (χ4v) is 5.99. The summed E-state index contributed by atoms with van der Waals surface area (Å²) in [6.45, 7) is 0. The number of nitrogens with one attached hydrogen (secondary N) is 1. The molecule has 0 aliphatic carbocycles. The number of fused-ring (bicyclic) bond motifs is 1. The van der Waals surface area contributed by atoms with E-state index < -0.39 is 5.91 Å². The molecule has 5 aromatic rings. The van der Waals surface area contributed by atoms with E-state index in [4.69, 9.17) is 4.42 Å². The second kappa shape index (κ2) is 11.3. The third kappa shape index (κ3) is 5.86. The Morgan fingerprint density at radius 1 is 1.00 bits per heavy atom. The van der Waals surface area contributed by atoms with Gasteiger partial charge in [0.05, 0.1) is 0 Å². The smallest absolute Gasteiger partial charge is 0.268 e. The van der Waals surface area contributed by atoms with Gasteiger partial charge in [0.2, 0.25) is 5.13 Å². The van der Waals surface area contributed by atoms with Crippen LogP contribution in [0.4, 0.5) is 5.13 Å². The first-order valence-corrected chi connectivity index (χ1v) is 13.5. The van der Waals surface area contributed by atoms with Crippen molar-refractivity contribution < 1.29 is 9.21 Å². The van der Waals surface area contributed by atoms with E-state index in [1.165, 1.54) is 46.5 Å². The monoisotopic (exact) mass is 526 g/mol. The van der Waals surface area contributed by atoms with Crippen LogP contribution in [-0.2, 0) is 10.5 Å². The second-order valence-electron chi connectivity index (χ2n) is 7.51. The Balaban J connectivity index is 1.23. The number of aromatic nitrogens is 2. The van der Waals surface area contributed by atoms with Crippen LogP contribution >= 0.6 is 34.9 Å². The summed E-state index contributed by atoms with van der Waals surface area (Å²) in [5, 5.41) is 23.6. The van der Waals surface area contributed by atoms with Crippen molar-refractivity contribution in [3.63, 3.8) is 0 Å². The fraction of sp³-hybridized carbons (Fsp3) is 0.0370. The number of rotatable bonds is 8. The average Bonchev–Trinajstić information content (AvgIpc) is 3.56. The molecular weight excluding hydrogens is 509 g/mol. The number of carbonyl (C=O) groups is 1. The average molecular weight is 527 g/mol. The van der Waals surface area contributed by atoms with Gasteiger partial charge in [0, 0.05) is 16.7 Å². The van der Waals surface area contributed by atoms with Crippen molar-refractivity contribution in [1.82, 2.24) is 10.2 Å². The van der Waals surface area contributed by atoms with Gasteiger partial charge < -0.3 is 4.42 Å². The summed E-state index contributed by atoms with van der Waals surface area (Å²) in [7, 11) is 0. The standard InChI is InChI=1S/C27H18N4O2S3/c28-16-20(25(32)29-26-30-31-27(36-26)34-17-18-7-2-1-3-8-18)15-21-13-14-24(33-21)35-23-12-6-10-19-9-4-5-11-22(19)23/h1-15H,17H2,(H,29,30,32)/b20-15-. The molecule has 2 aromatic heterocycles. The number of carbonyl (C=O) groups excluding carboxylic acids is 1. The minimum atomic E-state index is -0.562. The van der Waals surface area contributed by atoms with Crippen molar-refractivity contribution >= 4 is 62.7 Å². The van der Waals surface area contributed by atoms with E-state index >= 15 is 0 Å². The highest BCUT2D eigenvalue weighted by Crippen LogP contribution is 2.35. The van der Waals surface area contributed by atoms with Gasteiger partial charge in [-0.2, -0.15) is 5.26 Å². The summed E-state index contributed by atoms with van der Waals surface area (Å²) in [5.41, 5.74) is 1.09. The Labute approximate surface area is 220 Å². The highest BCUT2D eigenvalue weighted by Gasteiger charge is 2.15. The normalized spacial score (nSPS) is 11.4. The second-order valence-corrected chi connectivity index (χ2v) is 10.8. The molecule has 2 heterocycles. The number of anilines is 1. The molecule has 3 aromatic carbocycles. The van der Waals surface area contributed by atoms with Crippen LogP contribution in [0.1, 0.15) is 11.3 Å². The van der Waals surface area contributed by atoms with Crippen molar-refractivity contribution in [3.05, 3.63) is 102 Å². The molecule has 9 heteroatoms. The summed E-state index contributed by atoms with van der Waals surface area (Å²) >= 11 is 4.30. The highest BCUT2D eigenvalue weighted by molar-refractivity contribution is 8.00. The predicted octanol–water partition coefficient (Wildman–Crippen LogP) is 7.27. The lowest BCUT2D eigenvalue weighted by Gasteiger charge is -2.04. The number of thioether (sulfide) groups is 1. The maximum Gasteiger partial charge on any atom is 0.268 e. The summed E-state index contributed by atoms with van der Waals surface area (Å²) in [6, 6.07) is 29.8. The molecule has 176 valence electrons. The van der Waals surface area contributed by atoms with Crippen LogP contribution in [0.3, 0.4) is 0 Å². The molecule has 0 unspecified atom stereocenters. The van der Waals surface area contributed by atoms with Gasteiger partial charge in [-0.05, 0) is 34.5 Å². The summed E-state index contributed by atoms with van der Waals surface area (Å²) in [6.07, 6.45) is 1.43. The van der Waals surface area contributed by atoms with Crippen molar-refractivity contribution in [1.29, 1.82) is 5.26 Å². The predicted molar refractivity (Wildman–Crippen MR) is 145 cm³/mol. The van der Waals surface area contributed by atoms with Gasteiger partial charge >= 0.3 is 0 Å².